The Balaban J connectivity index is 1.93. The summed E-state index contributed by atoms with van der Waals surface area (Å²) in [6.45, 7) is 7.13. The van der Waals surface area contributed by atoms with E-state index in [1.165, 1.54) is 85.6 Å². The molecule has 30 heavy (non-hydrogen) atoms. The highest BCUT2D eigenvalue weighted by molar-refractivity contribution is 5.68. The van der Waals surface area contributed by atoms with Crippen molar-refractivity contribution in [2.45, 2.75) is 97.8 Å². The average Bonchev–Trinajstić information content (AvgIpc) is 2.78. The molecule has 2 aromatic carbocycles. The standard InChI is InChI=1S/C29H44O/c1-4-7-8-12-24(11-5-2)13-9-14-25-16-19-28(20-17-25)29-21-18-26(15-10-22-30)23-27(29)6-3/h16-21,23-24,30H,4-15,22H2,1-3H3. The Morgan fingerprint density at radius 2 is 1.40 bits per heavy atom. The van der Waals surface area contributed by atoms with E-state index in [-0.39, 0.29) is 6.61 Å². The first-order valence-corrected chi connectivity index (χ1v) is 12.5. The summed E-state index contributed by atoms with van der Waals surface area (Å²) < 4.78 is 0. The number of aliphatic hydroxyl groups is 1. The quantitative estimate of drug-likeness (QED) is 0.295. The van der Waals surface area contributed by atoms with E-state index in [1.54, 1.807) is 0 Å². The van der Waals surface area contributed by atoms with Crippen LogP contribution in [0.1, 0.15) is 95.2 Å². The largest absolute Gasteiger partial charge is 0.396 e. The Kier molecular flexibility index (Phi) is 11.9. The molecule has 1 atom stereocenters. The van der Waals surface area contributed by atoms with E-state index in [0.29, 0.717) is 0 Å². The molecule has 0 fully saturated rings. The summed E-state index contributed by atoms with van der Waals surface area (Å²) >= 11 is 0. The van der Waals surface area contributed by atoms with Gasteiger partial charge in [-0.1, -0.05) is 108 Å². The molecule has 2 rings (SSSR count). The zero-order valence-corrected chi connectivity index (χ0v) is 19.8. The SMILES string of the molecule is CCCCCC(CCC)CCCc1ccc(-c2ccc(CCCO)cc2CC)cc1. The smallest absolute Gasteiger partial charge is 0.0434 e. The van der Waals surface area contributed by atoms with Gasteiger partial charge in [-0.2, -0.15) is 0 Å². The van der Waals surface area contributed by atoms with Crippen LogP contribution in [-0.4, -0.2) is 11.7 Å². The first kappa shape index (κ1) is 24.7. The summed E-state index contributed by atoms with van der Waals surface area (Å²) in [6, 6.07) is 16.1. The normalized spacial score (nSPS) is 12.3. The Morgan fingerprint density at radius 3 is 2.07 bits per heavy atom. The van der Waals surface area contributed by atoms with Crippen molar-refractivity contribution in [3.63, 3.8) is 0 Å². The lowest BCUT2D eigenvalue weighted by molar-refractivity contribution is 0.288. The van der Waals surface area contributed by atoms with Crippen molar-refractivity contribution < 1.29 is 5.11 Å². The minimum Gasteiger partial charge on any atom is -0.396 e. The van der Waals surface area contributed by atoms with Crippen LogP contribution < -0.4 is 0 Å². The highest BCUT2D eigenvalue weighted by Gasteiger charge is 2.09. The molecule has 0 saturated heterocycles. The molecule has 0 amide bonds. The Bertz CT molecular complexity index is 701. The number of hydrogen-bond acceptors (Lipinski definition) is 1. The van der Waals surface area contributed by atoms with Gasteiger partial charge in [0.25, 0.3) is 0 Å². The lowest BCUT2D eigenvalue weighted by atomic mass is 9.90. The van der Waals surface area contributed by atoms with E-state index in [4.69, 9.17) is 5.11 Å². The Hall–Kier alpha value is -1.60. The van der Waals surface area contributed by atoms with Crippen molar-refractivity contribution in [3.05, 3.63) is 59.2 Å². The van der Waals surface area contributed by atoms with Crippen LogP contribution in [0.25, 0.3) is 11.1 Å². The highest BCUT2D eigenvalue weighted by atomic mass is 16.2. The molecule has 0 saturated carbocycles. The number of aliphatic hydroxyl groups excluding tert-OH is 1. The lowest BCUT2D eigenvalue weighted by Gasteiger charge is -2.16. The van der Waals surface area contributed by atoms with E-state index in [0.717, 1.165) is 25.2 Å². The number of aryl methyl sites for hydroxylation is 3. The van der Waals surface area contributed by atoms with Gasteiger partial charge in [0.1, 0.15) is 0 Å². The molecule has 0 bridgehead atoms. The molecule has 0 aliphatic carbocycles. The topological polar surface area (TPSA) is 20.2 Å². The van der Waals surface area contributed by atoms with Crippen LogP contribution in [0.4, 0.5) is 0 Å². The van der Waals surface area contributed by atoms with Crippen molar-refractivity contribution in [1.29, 1.82) is 0 Å². The second-order valence-electron chi connectivity index (χ2n) is 8.91. The number of hydrogen-bond donors (Lipinski definition) is 1. The molecule has 1 heteroatoms. The summed E-state index contributed by atoms with van der Waals surface area (Å²) in [7, 11) is 0. The predicted molar refractivity (Wildman–Crippen MR) is 132 cm³/mol. The molecule has 1 unspecified atom stereocenters. The summed E-state index contributed by atoms with van der Waals surface area (Å²) in [5, 5.41) is 9.08. The van der Waals surface area contributed by atoms with E-state index >= 15 is 0 Å². The maximum atomic E-state index is 9.08. The fraction of sp³-hybridized carbons (Fsp3) is 0.586. The van der Waals surface area contributed by atoms with E-state index < -0.39 is 0 Å². The summed E-state index contributed by atoms with van der Waals surface area (Å²) in [5.41, 5.74) is 6.90. The monoisotopic (exact) mass is 408 g/mol. The van der Waals surface area contributed by atoms with Gasteiger partial charge >= 0.3 is 0 Å². The van der Waals surface area contributed by atoms with Gasteiger partial charge in [0.15, 0.2) is 0 Å². The molecule has 0 radical (unpaired) electrons. The number of rotatable bonds is 15. The highest BCUT2D eigenvalue weighted by Crippen LogP contribution is 2.27. The molecule has 0 aliphatic heterocycles. The molecule has 2 aromatic rings. The van der Waals surface area contributed by atoms with Crippen molar-refractivity contribution in [2.24, 2.45) is 5.92 Å². The van der Waals surface area contributed by atoms with Crippen LogP contribution in [-0.2, 0) is 19.3 Å². The van der Waals surface area contributed by atoms with Gasteiger partial charge in [-0.3, -0.25) is 0 Å². The molecule has 0 heterocycles. The van der Waals surface area contributed by atoms with Crippen LogP contribution in [0.5, 0.6) is 0 Å². The van der Waals surface area contributed by atoms with Gasteiger partial charge in [-0.15, -0.1) is 0 Å². The van der Waals surface area contributed by atoms with Crippen molar-refractivity contribution in [2.75, 3.05) is 6.61 Å². The molecule has 1 nitrogen and oxygen atoms in total. The van der Waals surface area contributed by atoms with Crippen LogP contribution in [0.2, 0.25) is 0 Å². The van der Waals surface area contributed by atoms with Gasteiger partial charge < -0.3 is 5.11 Å². The minimum absolute atomic E-state index is 0.266. The first-order chi connectivity index (χ1) is 14.7. The fourth-order valence-corrected chi connectivity index (χ4v) is 4.63. The summed E-state index contributed by atoms with van der Waals surface area (Å²) in [4.78, 5) is 0. The minimum atomic E-state index is 0.266. The zero-order valence-electron chi connectivity index (χ0n) is 19.8. The zero-order chi connectivity index (χ0) is 21.6. The van der Waals surface area contributed by atoms with E-state index in [9.17, 15) is 0 Å². The van der Waals surface area contributed by atoms with Crippen LogP contribution in [0, 0.1) is 5.92 Å². The third kappa shape index (κ3) is 8.26. The first-order valence-electron chi connectivity index (χ1n) is 12.5. The van der Waals surface area contributed by atoms with Crippen molar-refractivity contribution in [1.82, 2.24) is 0 Å². The van der Waals surface area contributed by atoms with Crippen LogP contribution >= 0.6 is 0 Å². The van der Waals surface area contributed by atoms with Crippen molar-refractivity contribution in [3.8, 4) is 11.1 Å². The average molecular weight is 409 g/mol. The third-order valence-electron chi connectivity index (χ3n) is 6.43. The van der Waals surface area contributed by atoms with Crippen molar-refractivity contribution >= 4 is 0 Å². The predicted octanol–water partition coefficient (Wildman–Crippen LogP) is 8.16. The van der Waals surface area contributed by atoms with E-state index in [1.807, 2.05) is 0 Å². The van der Waals surface area contributed by atoms with Gasteiger partial charge in [0, 0.05) is 6.61 Å². The maximum Gasteiger partial charge on any atom is 0.0434 e. The van der Waals surface area contributed by atoms with Gasteiger partial charge in [-0.05, 0) is 65.8 Å². The van der Waals surface area contributed by atoms with E-state index in [2.05, 4.69) is 63.2 Å². The lowest BCUT2D eigenvalue weighted by Crippen LogP contribution is -2.01. The number of unbranched alkanes of at least 4 members (excludes halogenated alkanes) is 2. The Labute approximate surface area is 185 Å². The second kappa shape index (κ2) is 14.4. The van der Waals surface area contributed by atoms with Gasteiger partial charge in [0.05, 0.1) is 0 Å². The third-order valence-corrected chi connectivity index (χ3v) is 6.43. The summed E-state index contributed by atoms with van der Waals surface area (Å²) in [5.74, 6) is 0.928. The summed E-state index contributed by atoms with van der Waals surface area (Å²) in [6.07, 6.45) is 15.0. The molecular weight excluding hydrogens is 364 g/mol. The van der Waals surface area contributed by atoms with Gasteiger partial charge in [-0.25, -0.2) is 0 Å². The molecule has 0 aromatic heterocycles. The molecule has 0 aliphatic rings. The van der Waals surface area contributed by atoms with Gasteiger partial charge in [0.2, 0.25) is 0 Å². The molecule has 166 valence electrons. The molecular formula is C29H44O. The molecule has 1 N–H and O–H groups in total. The Morgan fingerprint density at radius 1 is 0.700 bits per heavy atom. The second-order valence-corrected chi connectivity index (χ2v) is 8.91. The van der Waals surface area contributed by atoms with Crippen LogP contribution in [0.3, 0.4) is 0 Å². The number of benzene rings is 2. The van der Waals surface area contributed by atoms with Crippen LogP contribution in [0.15, 0.2) is 42.5 Å². The maximum absolute atomic E-state index is 9.08. The molecule has 0 spiro atoms. The fourth-order valence-electron chi connectivity index (χ4n) is 4.63.